The van der Waals surface area contributed by atoms with Crippen LogP contribution in [0.15, 0.2) is 34.9 Å². The van der Waals surface area contributed by atoms with Crippen molar-refractivity contribution in [2.75, 3.05) is 0 Å². The molecule has 134 valence electrons. The zero-order valence-electron chi connectivity index (χ0n) is 15.2. The maximum Gasteiger partial charge on any atom is 0.0732 e. The predicted octanol–water partition coefficient (Wildman–Crippen LogP) is 3.51. The smallest absolute Gasteiger partial charge is 0.0732 e. The fourth-order valence-corrected chi connectivity index (χ4v) is 5.40. The van der Waals surface area contributed by atoms with E-state index in [9.17, 15) is 15.3 Å². The lowest BCUT2D eigenvalue weighted by atomic mass is 9.63. The van der Waals surface area contributed by atoms with Crippen LogP contribution in [-0.4, -0.2) is 33.6 Å². The summed E-state index contributed by atoms with van der Waals surface area (Å²) in [7, 11) is 0. The molecule has 0 saturated heterocycles. The Morgan fingerprint density at radius 3 is 2.67 bits per heavy atom. The van der Waals surface area contributed by atoms with Gasteiger partial charge in [-0.05, 0) is 80.8 Å². The van der Waals surface area contributed by atoms with Crippen molar-refractivity contribution in [1.82, 2.24) is 0 Å². The second kappa shape index (κ2) is 6.78. The van der Waals surface area contributed by atoms with Gasteiger partial charge >= 0.3 is 0 Å². The standard InChI is InChI=1S/C21H32O3/c1-13-4-7-17(23)10-15(13)5-6-16-11-18(24)12-21(3)19(14(2)22)8-9-20(16)21/h5-6,11,14,17-20,22-24H,4,7-10,12H2,1-3H3/t14-,17-,18-,19+,20-,21+/m0/s1. The first-order valence-electron chi connectivity index (χ1n) is 9.44. The maximum absolute atomic E-state index is 10.4. The minimum absolute atomic E-state index is 0.0302. The molecule has 0 aromatic carbocycles. The molecule has 3 N–H and O–H groups in total. The summed E-state index contributed by atoms with van der Waals surface area (Å²) in [6.45, 7) is 6.27. The minimum atomic E-state index is -0.433. The van der Waals surface area contributed by atoms with E-state index >= 15 is 0 Å². The summed E-state index contributed by atoms with van der Waals surface area (Å²) in [6.07, 6.45) is 10.7. The molecule has 24 heavy (non-hydrogen) atoms. The van der Waals surface area contributed by atoms with Gasteiger partial charge in [0, 0.05) is 0 Å². The van der Waals surface area contributed by atoms with E-state index in [4.69, 9.17) is 0 Å². The lowest BCUT2D eigenvalue weighted by molar-refractivity contribution is 0.00980. The zero-order valence-corrected chi connectivity index (χ0v) is 15.2. The summed E-state index contributed by atoms with van der Waals surface area (Å²) < 4.78 is 0. The van der Waals surface area contributed by atoms with Crippen molar-refractivity contribution in [1.29, 1.82) is 0 Å². The lowest BCUT2D eigenvalue weighted by Crippen LogP contribution is -2.40. The molecule has 0 radical (unpaired) electrons. The predicted molar refractivity (Wildman–Crippen MR) is 96.4 cm³/mol. The zero-order chi connectivity index (χ0) is 17.5. The van der Waals surface area contributed by atoms with E-state index in [1.807, 2.05) is 13.0 Å². The molecule has 0 aromatic rings. The summed E-state index contributed by atoms with van der Waals surface area (Å²) in [4.78, 5) is 0. The fourth-order valence-electron chi connectivity index (χ4n) is 5.40. The monoisotopic (exact) mass is 332 g/mol. The second-order valence-electron chi connectivity index (χ2n) is 8.46. The second-order valence-corrected chi connectivity index (χ2v) is 8.46. The van der Waals surface area contributed by atoms with Gasteiger partial charge in [-0.1, -0.05) is 30.7 Å². The molecule has 6 atom stereocenters. The molecular formula is C21H32O3. The highest BCUT2D eigenvalue weighted by atomic mass is 16.3. The van der Waals surface area contributed by atoms with Crippen molar-refractivity contribution in [2.24, 2.45) is 17.3 Å². The van der Waals surface area contributed by atoms with Crippen LogP contribution < -0.4 is 0 Å². The van der Waals surface area contributed by atoms with Gasteiger partial charge in [-0.25, -0.2) is 0 Å². The average molecular weight is 332 g/mol. The van der Waals surface area contributed by atoms with Gasteiger partial charge in [-0.15, -0.1) is 0 Å². The Balaban J connectivity index is 1.84. The van der Waals surface area contributed by atoms with Crippen LogP contribution in [0.3, 0.4) is 0 Å². The summed E-state index contributed by atoms with van der Waals surface area (Å²) in [6, 6.07) is 0. The van der Waals surface area contributed by atoms with Gasteiger partial charge in [-0.3, -0.25) is 0 Å². The van der Waals surface area contributed by atoms with Crippen LogP contribution in [0.5, 0.6) is 0 Å². The Morgan fingerprint density at radius 1 is 1.21 bits per heavy atom. The summed E-state index contributed by atoms with van der Waals surface area (Å²) in [5.41, 5.74) is 3.78. The van der Waals surface area contributed by atoms with Crippen LogP contribution in [0.2, 0.25) is 0 Å². The van der Waals surface area contributed by atoms with E-state index in [1.165, 1.54) is 16.7 Å². The average Bonchev–Trinajstić information content (AvgIpc) is 2.84. The van der Waals surface area contributed by atoms with Crippen molar-refractivity contribution >= 4 is 0 Å². The van der Waals surface area contributed by atoms with Gasteiger partial charge in [0.15, 0.2) is 0 Å². The molecule has 0 unspecified atom stereocenters. The Kier molecular flexibility index (Phi) is 5.06. The molecule has 3 heteroatoms. The minimum Gasteiger partial charge on any atom is -0.393 e. The van der Waals surface area contributed by atoms with Gasteiger partial charge in [0.2, 0.25) is 0 Å². The lowest BCUT2D eigenvalue weighted by Gasteiger charge is -2.43. The van der Waals surface area contributed by atoms with Crippen molar-refractivity contribution in [2.45, 2.75) is 77.6 Å². The van der Waals surface area contributed by atoms with Crippen LogP contribution in [0, 0.1) is 17.3 Å². The summed E-state index contributed by atoms with van der Waals surface area (Å²) >= 11 is 0. The molecule has 0 amide bonds. The fraction of sp³-hybridized carbons (Fsp3) is 0.714. The number of hydrogen-bond donors (Lipinski definition) is 3. The Labute approximate surface area is 145 Å². The number of fused-ring (bicyclic) bond motifs is 1. The van der Waals surface area contributed by atoms with E-state index in [0.717, 1.165) is 38.5 Å². The topological polar surface area (TPSA) is 60.7 Å². The van der Waals surface area contributed by atoms with Gasteiger partial charge < -0.3 is 15.3 Å². The third-order valence-corrected chi connectivity index (χ3v) is 6.76. The van der Waals surface area contributed by atoms with E-state index in [2.05, 4.69) is 26.0 Å². The number of rotatable bonds is 3. The molecule has 0 heterocycles. The first-order valence-corrected chi connectivity index (χ1v) is 9.44. The Bertz CT molecular complexity index is 572. The van der Waals surface area contributed by atoms with Crippen LogP contribution in [-0.2, 0) is 0 Å². The van der Waals surface area contributed by atoms with Crippen molar-refractivity contribution in [3.8, 4) is 0 Å². The normalized spacial score (nSPS) is 41.5. The third-order valence-electron chi connectivity index (χ3n) is 6.76. The molecule has 0 spiro atoms. The number of aliphatic hydroxyl groups excluding tert-OH is 3. The van der Waals surface area contributed by atoms with Crippen LogP contribution >= 0.6 is 0 Å². The van der Waals surface area contributed by atoms with E-state index in [1.54, 1.807) is 0 Å². The van der Waals surface area contributed by atoms with Crippen molar-refractivity contribution in [3.63, 3.8) is 0 Å². The first kappa shape index (κ1) is 17.9. The van der Waals surface area contributed by atoms with Crippen molar-refractivity contribution in [3.05, 3.63) is 34.9 Å². The molecule has 1 saturated carbocycles. The molecular weight excluding hydrogens is 300 g/mol. The first-order chi connectivity index (χ1) is 11.3. The highest BCUT2D eigenvalue weighted by Crippen LogP contribution is 2.57. The van der Waals surface area contributed by atoms with E-state index in [-0.39, 0.29) is 23.5 Å². The largest absolute Gasteiger partial charge is 0.393 e. The molecule has 3 aliphatic rings. The summed E-state index contributed by atoms with van der Waals surface area (Å²) in [5.74, 6) is 0.665. The highest BCUT2D eigenvalue weighted by molar-refractivity contribution is 5.37. The number of hydrogen-bond acceptors (Lipinski definition) is 3. The molecule has 1 fully saturated rings. The molecule has 0 aromatic heterocycles. The quantitative estimate of drug-likeness (QED) is 0.741. The highest BCUT2D eigenvalue weighted by Gasteiger charge is 2.51. The van der Waals surface area contributed by atoms with Crippen LogP contribution in [0.4, 0.5) is 0 Å². The number of allylic oxidation sites excluding steroid dienone is 4. The maximum atomic E-state index is 10.4. The van der Waals surface area contributed by atoms with Gasteiger partial charge in [0.1, 0.15) is 0 Å². The Morgan fingerprint density at radius 2 is 1.96 bits per heavy atom. The van der Waals surface area contributed by atoms with E-state index < -0.39 is 6.10 Å². The molecule has 3 rings (SSSR count). The third kappa shape index (κ3) is 3.26. The van der Waals surface area contributed by atoms with Crippen LogP contribution in [0.25, 0.3) is 0 Å². The summed E-state index contributed by atoms with van der Waals surface area (Å²) in [5, 5.41) is 30.5. The number of aliphatic hydroxyl groups is 3. The van der Waals surface area contributed by atoms with Gasteiger partial charge in [0.25, 0.3) is 0 Å². The van der Waals surface area contributed by atoms with Gasteiger partial charge in [-0.2, -0.15) is 0 Å². The molecule has 3 aliphatic carbocycles. The molecule has 0 bridgehead atoms. The SMILES string of the molecule is CC1=C(C=CC2=C[C@H](O)C[C@]3(C)[C@@H]([C@H](C)O)CC[C@@H]23)C[C@@H](O)CC1. The molecule has 3 nitrogen and oxygen atoms in total. The molecule has 0 aliphatic heterocycles. The van der Waals surface area contributed by atoms with Gasteiger partial charge in [0.05, 0.1) is 18.3 Å². The van der Waals surface area contributed by atoms with Crippen molar-refractivity contribution < 1.29 is 15.3 Å². The van der Waals surface area contributed by atoms with Crippen LogP contribution in [0.1, 0.15) is 59.3 Å². The Hall–Kier alpha value is -0.900. The van der Waals surface area contributed by atoms with E-state index in [0.29, 0.717) is 5.92 Å².